The normalized spacial score (nSPS) is 19.3. The largest absolute Gasteiger partial charge is 0.508 e. The summed E-state index contributed by atoms with van der Waals surface area (Å²) in [6.45, 7) is 13.4. The van der Waals surface area contributed by atoms with E-state index in [9.17, 15) is 5.11 Å². The summed E-state index contributed by atoms with van der Waals surface area (Å²) in [5.74, 6) is 0.569. The molecule has 30 heavy (non-hydrogen) atoms. The van der Waals surface area contributed by atoms with Crippen molar-refractivity contribution in [1.29, 1.82) is 0 Å². The molecular formula is C27H40O3. The lowest BCUT2D eigenvalue weighted by molar-refractivity contribution is -0.179. The van der Waals surface area contributed by atoms with Gasteiger partial charge in [0.15, 0.2) is 0 Å². The van der Waals surface area contributed by atoms with Gasteiger partial charge in [-0.2, -0.15) is 0 Å². The lowest BCUT2D eigenvalue weighted by Gasteiger charge is -2.36. The number of hydrogen-bond acceptors (Lipinski definition) is 3. The van der Waals surface area contributed by atoms with Crippen LogP contribution in [-0.4, -0.2) is 17.5 Å². The third-order valence-corrected chi connectivity index (χ3v) is 5.64. The van der Waals surface area contributed by atoms with Crippen LogP contribution in [0.4, 0.5) is 0 Å². The monoisotopic (exact) mass is 412 g/mol. The molecule has 1 aliphatic rings. The number of allylic oxidation sites excluding steroid dienone is 5. The summed E-state index contributed by atoms with van der Waals surface area (Å²) in [6.07, 6.45) is 14.0. The quantitative estimate of drug-likeness (QED) is 0.318. The van der Waals surface area contributed by atoms with Gasteiger partial charge in [0.05, 0.1) is 6.61 Å². The summed E-state index contributed by atoms with van der Waals surface area (Å²) >= 11 is 0. The van der Waals surface area contributed by atoms with E-state index in [1.165, 1.54) is 16.7 Å². The van der Waals surface area contributed by atoms with E-state index < -0.39 is 5.79 Å². The van der Waals surface area contributed by atoms with Crippen molar-refractivity contribution in [2.75, 3.05) is 6.61 Å². The topological polar surface area (TPSA) is 38.7 Å². The number of aryl methyl sites for hydroxylation is 2. The summed E-state index contributed by atoms with van der Waals surface area (Å²) < 4.78 is 12.3. The fourth-order valence-corrected chi connectivity index (χ4v) is 3.81. The highest BCUT2D eigenvalue weighted by molar-refractivity contribution is 5.47. The van der Waals surface area contributed by atoms with Crippen LogP contribution in [0.2, 0.25) is 0 Å². The molecule has 1 unspecified atom stereocenters. The highest BCUT2D eigenvalue weighted by atomic mass is 16.7. The van der Waals surface area contributed by atoms with Gasteiger partial charge in [0, 0.05) is 13.3 Å². The average Bonchev–Trinajstić information content (AvgIpc) is 2.66. The molecule has 0 aromatic heterocycles. The molecule has 0 bridgehead atoms. The second-order valence-electron chi connectivity index (χ2n) is 9.08. The SMILES string of the molecule is CC(C)=CCCC(C)=CCCC(C)=CCCOC1(C)CCc2cc(O)cc(C)c2O1. The van der Waals surface area contributed by atoms with Crippen molar-refractivity contribution >= 4 is 0 Å². The Balaban J connectivity index is 1.73. The Morgan fingerprint density at radius 1 is 1.03 bits per heavy atom. The second-order valence-corrected chi connectivity index (χ2v) is 9.08. The van der Waals surface area contributed by atoms with Crippen molar-refractivity contribution in [2.24, 2.45) is 0 Å². The first-order chi connectivity index (χ1) is 14.2. The predicted molar refractivity (Wildman–Crippen MR) is 126 cm³/mol. The second kappa shape index (κ2) is 11.4. The van der Waals surface area contributed by atoms with Crippen LogP contribution in [0.15, 0.2) is 47.1 Å². The summed E-state index contributed by atoms with van der Waals surface area (Å²) in [5.41, 5.74) is 6.32. The molecule has 166 valence electrons. The van der Waals surface area contributed by atoms with Gasteiger partial charge in [-0.1, -0.05) is 34.9 Å². The van der Waals surface area contributed by atoms with E-state index in [0.717, 1.165) is 61.8 Å². The Morgan fingerprint density at radius 2 is 1.67 bits per heavy atom. The third-order valence-electron chi connectivity index (χ3n) is 5.64. The third kappa shape index (κ3) is 8.02. The zero-order chi connectivity index (χ0) is 22.1. The molecule has 1 aromatic carbocycles. The number of benzene rings is 1. The molecule has 1 heterocycles. The van der Waals surface area contributed by atoms with Crippen molar-refractivity contribution in [1.82, 2.24) is 0 Å². The Hall–Kier alpha value is -2.00. The molecule has 1 aliphatic heterocycles. The first-order valence-electron chi connectivity index (χ1n) is 11.3. The van der Waals surface area contributed by atoms with E-state index in [0.29, 0.717) is 12.4 Å². The fourth-order valence-electron chi connectivity index (χ4n) is 3.81. The Morgan fingerprint density at radius 3 is 2.33 bits per heavy atom. The minimum atomic E-state index is -0.596. The molecule has 0 amide bonds. The highest BCUT2D eigenvalue weighted by Crippen LogP contribution is 2.38. The van der Waals surface area contributed by atoms with Gasteiger partial charge in [0.2, 0.25) is 5.79 Å². The molecule has 3 heteroatoms. The van der Waals surface area contributed by atoms with Gasteiger partial charge >= 0.3 is 0 Å². The number of rotatable bonds is 10. The van der Waals surface area contributed by atoms with E-state index in [2.05, 4.69) is 45.9 Å². The van der Waals surface area contributed by atoms with Crippen LogP contribution in [0, 0.1) is 6.92 Å². The van der Waals surface area contributed by atoms with E-state index in [1.54, 1.807) is 12.1 Å². The van der Waals surface area contributed by atoms with E-state index in [1.807, 2.05) is 13.8 Å². The lowest BCUT2D eigenvalue weighted by Crippen LogP contribution is -2.39. The molecule has 3 nitrogen and oxygen atoms in total. The Labute approximate surface area is 183 Å². The lowest BCUT2D eigenvalue weighted by atomic mass is 9.98. The van der Waals surface area contributed by atoms with Gasteiger partial charge < -0.3 is 14.6 Å². The van der Waals surface area contributed by atoms with Crippen LogP contribution in [-0.2, 0) is 11.2 Å². The maximum Gasteiger partial charge on any atom is 0.208 e. The first kappa shape index (κ1) is 24.3. The van der Waals surface area contributed by atoms with Crippen molar-refractivity contribution in [3.63, 3.8) is 0 Å². The molecule has 1 aromatic rings. The average molecular weight is 413 g/mol. The molecule has 0 spiro atoms. The molecule has 0 saturated heterocycles. The van der Waals surface area contributed by atoms with Crippen LogP contribution in [0.25, 0.3) is 0 Å². The van der Waals surface area contributed by atoms with Crippen LogP contribution in [0.3, 0.4) is 0 Å². The van der Waals surface area contributed by atoms with Gasteiger partial charge in [-0.3, -0.25) is 0 Å². The van der Waals surface area contributed by atoms with Gasteiger partial charge in [0.1, 0.15) is 11.5 Å². The minimum absolute atomic E-state index is 0.304. The first-order valence-corrected chi connectivity index (χ1v) is 11.3. The number of fused-ring (bicyclic) bond motifs is 1. The minimum Gasteiger partial charge on any atom is -0.508 e. The van der Waals surface area contributed by atoms with Gasteiger partial charge in [-0.15, -0.1) is 0 Å². The zero-order valence-electron chi connectivity index (χ0n) is 19.8. The van der Waals surface area contributed by atoms with Gasteiger partial charge in [-0.05, 0) is 96.4 Å². The van der Waals surface area contributed by atoms with E-state index in [4.69, 9.17) is 9.47 Å². The smallest absolute Gasteiger partial charge is 0.208 e. The van der Waals surface area contributed by atoms with Crippen molar-refractivity contribution < 1.29 is 14.6 Å². The molecule has 0 saturated carbocycles. The van der Waals surface area contributed by atoms with Crippen LogP contribution >= 0.6 is 0 Å². The van der Waals surface area contributed by atoms with E-state index in [-0.39, 0.29) is 0 Å². The maximum absolute atomic E-state index is 9.78. The summed E-state index contributed by atoms with van der Waals surface area (Å²) in [5, 5.41) is 9.78. The van der Waals surface area contributed by atoms with Crippen LogP contribution in [0.1, 0.15) is 84.3 Å². The highest BCUT2D eigenvalue weighted by Gasteiger charge is 2.33. The zero-order valence-corrected chi connectivity index (χ0v) is 19.8. The van der Waals surface area contributed by atoms with Crippen LogP contribution < -0.4 is 4.74 Å². The van der Waals surface area contributed by atoms with E-state index >= 15 is 0 Å². The van der Waals surface area contributed by atoms with Crippen molar-refractivity contribution in [2.45, 2.75) is 92.3 Å². The van der Waals surface area contributed by atoms with Crippen molar-refractivity contribution in [3.8, 4) is 11.5 Å². The standard InChI is InChI=1S/C27H40O3/c1-20(2)10-7-11-21(3)12-8-13-22(4)14-9-17-29-27(6)16-15-24-19-25(28)18-23(5)26(24)30-27/h10,12,14,18-19,28H,7-9,11,13,15-17H2,1-6H3. The van der Waals surface area contributed by atoms with Gasteiger partial charge in [0.25, 0.3) is 0 Å². The number of aromatic hydroxyl groups is 1. The molecule has 0 radical (unpaired) electrons. The molecule has 1 atom stereocenters. The number of ether oxygens (including phenoxy) is 2. The molecule has 0 fully saturated rings. The van der Waals surface area contributed by atoms with Gasteiger partial charge in [-0.25, -0.2) is 0 Å². The van der Waals surface area contributed by atoms with Crippen LogP contribution in [0.5, 0.6) is 11.5 Å². The van der Waals surface area contributed by atoms with Crippen molar-refractivity contribution in [3.05, 3.63) is 58.2 Å². The maximum atomic E-state index is 9.78. The molecule has 2 rings (SSSR count). The number of hydrogen-bond donors (Lipinski definition) is 1. The number of phenolic OH excluding ortho intramolecular Hbond substituents is 1. The molecule has 0 aliphatic carbocycles. The summed E-state index contributed by atoms with van der Waals surface area (Å²) in [4.78, 5) is 0. The fraction of sp³-hybridized carbons (Fsp3) is 0.556. The predicted octanol–water partition coefficient (Wildman–Crippen LogP) is 7.57. The molecule has 1 N–H and O–H groups in total. The number of phenols is 1. The summed E-state index contributed by atoms with van der Waals surface area (Å²) in [7, 11) is 0. The summed E-state index contributed by atoms with van der Waals surface area (Å²) in [6, 6.07) is 3.54. The molecular weight excluding hydrogens is 372 g/mol. The Kier molecular flexibility index (Phi) is 9.23. The Bertz CT molecular complexity index is 797.